The smallest absolute Gasteiger partial charge is 0.268 e. The zero-order valence-electron chi connectivity index (χ0n) is 15.2. The summed E-state index contributed by atoms with van der Waals surface area (Å²) in [6.07, 6.45) is 1.68. The van der Waals surface area contributed by atoms with E-state index in [1.807, 2.05) is 42.6 Å². The van der Waals surface area contributed by atoms with Gasteiger partial charge in [-0.05, 0) is 49.6 Å². The highest BCUT2D eigenvalue weighted by Gasteiger charge is 2.31. The highest BCUT2D eigenvalue weighted by Crippen LogP contribution is 2.37. The molecule has 0 fully saturated rings. The minimum atomic E-state index is -3.76. The van der Waals surface area contributed by atoms with E-state index in [1.54, 1.807) is 12.1 Å². The third-order valence-corrected chi connectivity index (χ3v) is 7.32. The van der Waals surface area contributed by atoms with Gasteiger partial charge in [-0.2, -0.15) is 0 Å². The number of para-hydroxylation sites is 1. The van der Waals surface area contributed by atoms with E-state index >= 15 is 0 Å². The number of rotatable bonds is 4. The quantitative estimate of drug-likeness (QED) is 0.656. The second-order valence-electron chi connectivity index (χ2n) is 6.43. The van der Waals surface area contributed by atoms with Gasteiger partial charge in [0.15, 0.2) is 0 Å². The van der Waals surface area contributed by atoms with Crippen molar-refractivity contribution >= 4 is 27.0 Å². The summed E-state index contributed by atoms with van der Waals surface area (Å²) in [5.74, 6) is 0.341. The fraction of sp³-hybridized carbons (Fsp3) is 0.250. The molecular weight excluding hydrogens is 380 g/mol. The van der Waals surface area contributed by atoms with Crippen LogP contribution in [0.15, 0.2) is 52.7 Å². The third kappa shape index (κ3) is 3.21. The van der Waals surface area contributed by atoms with E-state index in [0.717, 1.165) is 40.4 Å². The zero-order valence-corrected chi connectivity index (χ0v) is 16.8. The first-order chi connectivity index (χ1) is 13.0. The lowest BCUT2D eigenvalue weighted by Crippen LogP contribution is -2.35. The Hall–Kier alpha value is -2.38. The fourth-order valence-electron chi connectivity index (χ4n) is 3.40. The van der Waals surface area contributed by atoms with E-state index in [4.69, 9.17) is 4.74 Å². The number of sulfonamides is 1. The van der Waals surface area contributed by atoms with Crippen molar-refractivity contribution in [3.63, 3.8) is 0 Å². The normalized spacial score (nSPS) is 14.1. The molecule has 2 heterocycles. The first-order valence-electron chi connectivity index (χ1n) is 8.72. The van der Waals surface area contributed by atoms with Crippen LogP contribution in [0, 0.1) is 6.92 Å². The Morgan fingerprint density at radius 3 is 2.74 bits per heavy atom. The maximum Gasteiger partial charge on any atom is 0.268 e. The van der Waals surface area contributed by atoms with Crippen LogP contribution >= 0.6 is 11.3 Å². The van der Waals surface area contributed by atoms with Crippen LogP contribution < -0.4 is 9.04 Å². The van der Waals surface area contributed by atoms with E-state index in [0.29, 0.717) is 12.3 Å². The number of hydrogen-bond donors (Lipinski definition) is 0. The molecule has 0 amide bonds. The lowest BCUT2D eigenvalue weighted by Gasteiger charge is -2.31. The summed E-state index contributed by atoms with van der Waals surface area (Å²) in [6, 6.07) is 12.9. The summed E-state index contributed by atoms with van der Waals surface area (Å²) in [5.41, 5.74) is 3.35. The molecule has 7 heteroatoms. The second kappa shape index (κ2) is 6.98. The summed E-state index contributed by atoms with van der Waals surface area (Å²) in [7, 11) is -2.27. The first-order valence-corrected chi connectivity index (χ1v) is 11.0. The first kappa shape index (κ1) is 18.0. The molecule has 1 aromatic heterocycles. The number of thiazole rings is 1. The van der Waals surface area contributed by atoms with Crippen LogP contribution in [0.1, 0.15) is 17.0 Å². The number of aryl methyl sites for hydroxylation is 2. The van der Waals surface area contributed by atoms with Crippen molar-refractivity contribution < 1.29 is 13.2 Å². The van der Waals surface area contributed by atoms with Gasteiger partial charge in [-0.25, -0.2) is 13.4 Å². The van der Waals surface area contributed by atoms with Crippen LogP contribution in [0.25, 0.3) is 11.3 Å². The van der Waals surface area contributed by atoms with Crippen molar-refractivity contribution in [2.75, 3.05) is 18.0 Å². The van der Waals surface area contributed by atoms with Crippen molar-refractivity contribution in [2.45, 2.75) is 24.7 Å². The molecule has 0 atom stereocenters. The number of nitrogens with zero attached hydrogens (tertiary/aromatic N) is 2. The molecule has 0 bridgehead atoms. The molecule has 140 valence electrons. The van der Waals surface area contributed by atoms with Crippen molar-refractivity contribution in [1.29, 1.82) is 0 Å². The van der Waals surface area contributed by atoms with E-state index in [-0.39, 0.29) is 4.90 Å². The average Bonchev–Trinajstić information content (AvgIpc) is 3.13. The molecule has 3 aromatic rings. The van der Waals surface area contributed by atoms with Crippen LogP contribution in [0.3, 0.4) is 0 Å². The predicted octanol–water partition coefficient (Wildman–Crippen LogP) is 4.27. The highest BCUT2D eigenvalue weighted by atomic mass is 32.2. The second-order valence-corrected chi connectivity index (χ2v) is 9.32. The minimum Gasteiger partial charge on any atom is -0.495 e. The minimum absolute atomic E-state index is 0.171. The molecule has 4 rings (SSSR count). The number of aromatic nitrogens is 1. The Morgan fingerprint density at radius 1 is 1.19 bits per heavy atom. The van der Waals surface area contributed by atoms with Gasteiger partial charge < -0.3 is 4.74 Å². The van der Waals surface area contributed by atoms with Gasteiger partial charge in [0, 0.05) is 17.5 Å². The van der Waals surface area contributed by atoms with Gasteiger partial charge >= 0.3 is 0 Å². The Balaban J connectivity index is 1.84. The highest BCUT2D eigenvalue weighted by molar-refractivity contribution is 7.93. The Bertz CT molecular complexity index is 1090. The Kier molecular flexibility index (Phi) is 4.65. The monoisotopic (exact) mass is 400 g/mol. The third-order valence-electron chi connectivity index (χ3n) is 4.71. The summed E-state index contributed by atoms with van der Waals surface area (Å²) in [4.78, 5) is 4.65. The maximum absolute atomic E-state index is 13.5. The van der Waals surface area contributed by atoms with Crippen molar-refractivity contribution in [3.8, 4) is 17.0 Å². The number of fused-ring (bicyclic) bond motifs is 1. The van der Waals surface area contributed by atoms with E-state index < -0.39 is 10.0 Å². The molecule has 0 radical (unpaired) electrons. The predicted molar refractivity (Wildman–Crippen MR) is 108 cm³/mol. The molecule has 0 spiro atoms. The molecule has 5 nitrogen and oxygen atoms in total. The van der Waals surface area contributed by atoms with Crippen molar-refractivity contribution in [1.82, 2.24) is 4.98 Å². The molecule has 1 aliphatic heterocycles. The number of ether oxygens (including phenoxy) is 1. The van der Waals surface area contributed by atoms with Gasteiger partial charge in [0.1, 0.15) is 10.6 Å². The number of hydrogen-bond acceptors (Lipinski definition) is 5. The summed E-state index contributed by atoms with van der Waals surface area (Å²) < 4.78 is 34.0. The molecule has 1 aliphatic rings. The van der Waals surface area contributed by atoms with E-state index in [2.05, 4.69) is 4.98 Å². The van der Waals surface area contributed by atoms with E-state index in [1.165, 1.54) is 22.8 Å². The molecule has 2 aromatic carbocycles. The van der Waals surface area contributed by atoms with Crippen LogP contribution in [-0.4, -0.2) is 27.1 Å². The molecular formula is C20H20N2O3S2. The van der Waals surface area contributed by atoms with Crippen molar-refractivity contribution in [2.24, 2.45) is 0 Å². The summed E-state index contributed by atoms with van der Waals surface area (Å²) >= 11 is 1.54. The number of benzene rings is 2. The van der Waals surface area contributed by atoms with Crippen LogP contribution in [0.2, 0.25) is 0 Å². The fourth-order valence-corrected chi connectivity index (χ4v) is 5.75. The maximum atomic E-state index is 13.5. The largest absolute Gasteiger partial charge is 0.495 e. The average molecular weight is 401 g/mol. The lowest BCUT2D eigenvalue weighted by atomic mass is 10.0. The SMILES string of the molecule is COc1ccc(-c2csc(C)n2)cc1S(=O)(=O)N1CCCc2ccccc21. The van der Waals surface area contributed by atoms with Gasteiger partial charge in [0.2, 0.25) is 0 Å². The number of methoxy groups -OCH3 is 1. The molecule has 0 aliphatic carbocycles. The molecule has 0 unspecified atom stereocenters. The van der Waals surface area contributed by atoms with Gasteiger partial charge in [-0.3, -0.25) is 4.31 Å². The van der Waals surface area contributed by atoms with Crippen LogP contribution in [0.4, 0.5) is 5.69 Å². The van der Waals surface area contributed by atoms with E-state index in [9.17, 15) is 8.42 Å². The summed E-state index contributed by atoms with van der Waals surface area (Å²) in [5, 5.41) is 2.87. The molecule has 27 heavy (non-hydrogen) atoms. The molecule has 0 N–H and O–H groups in total. The Morgan fingerprint density at radius 2 is 2.00 bits per heavy atom. The number of anilines is 1. The topological polar surface area (TPSA) is 59.5 Å². The van der Waals surface area contributed by atoms with Gasteiger partial charge in [0.05, 0.1) is 23.5 Å². The van der Waals surface area contributed by atoms with Gasteiger partial charge in [0.25, 0.3) is 10.0 Å². The molecule has 0 saturated carbocycles. The van der Waals surface area contributed by atoms with Gasteiger partial charge in [-0.15, -0.1) is 11.3 Å². The molecule has 0 saturated heterocycles. The van der Waals surface area contributed by atoms with Crippen LogP contribution in [-0.2, 0) is 16.4 Å². The lowest BCUT2D eigenvalue weighted by molar-refractivity contribution is 0.402. The summed E-state index contributed by atoms with van der Waals surface area (Å²) in [6.45, 7) is 2.39. The standard InChI is InChI=1S/C20H20N2O3S2/c1-14-21-17(13-26-14)16-9-10-19(25-2)20(12-16)27(23,24)22-11-5-7-15-6-3-4-8-18(15)22/h3-4,6,8-10,12-13H,5,7,11H2,1-2H3. The van der Waals surface area contributed by atoms with Crippen LogP contribution in [0.5, 0.6) is 5.75 Å². The Labute approximate surface area is 163 Å². The zero-order chi connectivity index (χ0) is 19.0. The van der Waals surface area contributed by atoms with Crippen molar-refractivity contribution in [3.05, 3.63) is 58.4 Å². The van der Waals surface area contributed by atoms with Gasteiger partial charge in [-0.1, -0.05) is 18.2 Å².